The lowest BCUT2D eigenvalue weighted by molar-refractivity contribution is 0.200. The van der Waals surface area contributed by atoms with Gasteiger partial charge in [-0.25, -0.2) is 4.98 Å². The van der Waals surface area contributed by atoms with Crippen LogP contribution in [0.15, 0.2) is 42.5 Å². The van der Waals surface area contributed by atoms with E-state index in [9.17, 15) is 5.11 Å². The smallest absolute Gasteiger partial charge is 0.150 e. The molecule has 0 aliphatic rings. The summed E-state index contributed by atoms with van der Waals surface area (Å²) in [5, 5.41) is 11.1. The number of benzene rings is 2. The highest BCUT2D eigenvalue weighted by atomic mass is 16.5. The molecule has 0 aliphatic carbocycles. The van der Waals surface area contributed by atoms with Crippen molar-refractivity contribution in [2.45, 2.75) is 6.42 Å². The molecule has 8 nitrogen and oxygen atoms in total. The molecule has 0 spiro atoms. The highest BCUT2D eigenvalue weighted by molar-refractivity contribution is 5.86. The summed E-state index contributed by atoms with van der Waals surface area (Å²) in [6.07, 6.45) is 0.451. The number of imidazole rings is 1. The number of aromatic nitrogens is 3. The number of ether oxygens (including phenoxy) is 3. The van der Waals surface area contributed by atoms with E-state index < -0.39 is 0 Å². The monoisotopic (exact) mass is 408 g/mol. The zero-order valence-corrected chi connectivity index (χ0v) is 17.1. The molecular weight excluding hydrogens is 384 g/mol. The first kappa shape index (κ1) is 19.7. The maximum absolute atomic E-state index is 11.1. The zero-order valence-electron chi connectivity index (χ0n) is 17.1. The van der Waals surface area contributed by atoms with Crippen LogP contribution in [-0.4, -0.2) is 47.6 Å². The van der Waals surface area contributed by atoms with E-state index in [4.69, 9.17) is 19.9 Å². The number of nitrogens with zero attached hydrogens (tertiary/aromatic N) is 2. The minimum Gasteiger partial charge on any atom is -0.505 e. The largest absolute Gasteiger partial charge is 0.505 e. The summed E-state index contributed by atoms with van der Waals surface area (Å²) in [5.74, 6) is 2.14. The van der Waals surface area contributed by atoms with E-state index in [1.165, 1.54) is 0 Å². The van der Waals surface area contributed by atoms with Crippen molar-refractivity contribution in [1.82, 2.24) is 14.5 Å². The lowest BCUT2D eigenvalue weighted by Gasteiger charge is -2.14. The zero-order chi connectivity index (χ0) is 21.3. The molecule has 8 heteroatoms. The first-order valence-corrected chi connectivity index (χ1v) is 9.46. The standard InChI is InChI=1S/C22H24N4O4/c1-28-9-8-18-20(27)19(22-24-16-6-4-5-7-17(16)25-22)21(23)26(18)13-10-14(29-2)12-15(11-13)30-3/h4-7,10-12,27H,8-9,23H2,1-3H3,(H,24,25). The van der Waals surface area contributed by atoms with Gasteiger partial charge in [0.15, 0.2) is 0 Å². The summed E-state index contributed by atoms with van der Waals surface area (Å²) in [5.41, 5.74) is 9.98. The van der Waals surface area contributed by atoms with Gasteiger partial charge >= 0.3 is 0 Å². The molecule has 0 saturated carbocycles. The number of aromatic hydroxyl groups is 1. The molecule has 2 heterocycles. The molecule has 0 amide bonds. The van der Waals surface area contributed by atoms with E-state index in [0.717, 1.165) is 11.0 Å². The molecule has 0 aliphatic heterocycles. The number of nitrogens with one attached hydrogen (secondary N) is 1. The Morgan fingerprint density at radius 1 is 1.07 bits per heavy atom. The van der Waals surface area contributed by atoms with Crippen LogP contribution in [0.25, 0.3) is 28.1 Å². The number of fused-ring (bicyclic) bond motifs is 1. The SMILES string of the molecule is COCCc1c(O)c(-c2nc3ccccc3[nH]2)c(N)n1-c1cc(OC)cc(OC)c1. The minimum absolute atomic E-state index is 0.0605. The quantitative estimate of drug-likeness (QED) is 0.432. The maximum Gasteiger partial charge on any atom is 0.150 e. The van der Waals surface area contributed by atoms with Crippen molar-refractivity contribution < 1.29 is 19.3 Å². The average Bonchev–Trinajstić information content (AvgIpc) is 3.29. The van der Waals surface area contributed by atoms with E-state index in [0.29, 0.717) is 53.1 Å². The van der Waals surface area contributed by atoms with Crippen molar-refractivity contribution in [1.29, 1.82) is 0 Å². The van der Waals surface area contributed by atoms with Crippen LogP contribution in [-0.2, 0) is 11.2 Å². The van der Waals surface area contributed by atoms with Crippen molar-refractivity contribution in [3.63, 3.8) is 0 Å². The second-order valence-electron chi connectivity index (χ2n) is 6.81. The van der Waals surface area contributed by atoms with Crippen LogP contribution in [0.3, 0.4) is 0 Å². The molecular formula is C22H24N4O4. The van der Waals surface area contributed by atoms with Gasteiger partial charge in [-0.3, -0.25) is 4.57 Å². The van der Waals surface area contributed by atoms with Crippen molar-refractivity contribution in [2.75, 3.05) is 33.7 Å². The van der Waals surface area contributed by atoms with Crippen LogP contribution < -0.4 is 15.2 Å². The summed E-state index contributed by atoms with van der Waals surface area (Å²) in [6.45, 7) is 0.414. The topological polar surface area (TPSA) is 108 Å². The van der Waals surface area contributed by atoms with Crippen LogP contribution >= 0.6 is 0 Å². The van der Waals surface area contributed by atoms with Gasteiger partial charge in [-0.2, -0.15) is 0 Å². The second-order valence-corrected chi connectivity index (χ2v) is 6.81. The van der Waals surface area contributed by atoms with Gasteiger partial charge in [0, 0.05) is 31.7 Å². The molecule has 2 aromatic heterocycles. The van der Waals surface area contributed by atoms with Crippen LogP contribution in [0.4, 0.5) is 5.82 Å². The fourth-order valence-corrected chi connectivity index (χ4v) is 3.58. The highest BCUT2D eigenvalue weighted by Gasteiger charge is 2.25. The fraction of sp³-hybridized carbons (Fsp3) is 0.227. The summed E-state index contributed by atoms with van der Waals surface area (Å²) in [7, 11) is 4.78. The number of nitrogens with two attached hydrogens (primary N) is 1. The number of nitrogen functional groups attached to an aromatic ring is 1. The Kier molecular flexibility index (Phi) is 5.24. The number of aromatic amines is 1. The van der Waals surface area contributed by atoms with Gasteiger partial charge in [0.1, 0.15) is 34.5 Å². The van der Waals surface area contributed by atoms with Crippen molar-refractivity contribution in [3.8, 4) is 34.3 Å². The van der Waals surface area contributed by atoms with Gasteiger partial charge in [-0.05, 0) is 12.1 Å². The minimum atomic E-state index is 0.0605. The Bertz CT molecular complexity index is 1140. The fourth-order valence-electron chi connectivity index (χ4n) is 3.58. The van der Waals surface area contributed by atoms with Crippen molar-refractivity contribution in [3.05, 3.63) is 48.2 Å². The Labute approximate surface area is 173 Å². The third kappa shape index (κ3) is 3.31. The first-order valence-electron chi connectivity index (χ1n) is 9.46. The van der Waals surface area contributed by atoms with Gasteiger partial charge in [-0.1, -0.05) is 12.1 Å². The number of H-pyrrole nitrogens is 1. The second kappa shape index (κ2) is 8.00. The molecule has 4 rings (SSSR count). The number of anilines is 1. The molecule has 0 fully saturated rings. The van der Waals surface area contributed by atoms with Crippen LogP contribution in [0.2, 0.25) is 0 Å². The van der Waals surface area contributed by atoms with Crippen LogP contribution in [0.1, 0.15) is 5.69 Å². The van der Waals surface area contributed by atoms with Gasteiger partial charge in [0.2, 0.25) is 0 Å². The number of rotatable bonds is 7. The molecule has 0 unspecified atom stereocenters. The molecule has 0 atom stereocenters. The summed E-state index contributed by atoms with van der Waals surface area (Å²) >= 11 is 0. The van der Waals surface area contributed by atoms with Gasteiger partial charge < -0.3 is 30.0 Å². The van der Waals surface area contributed by atoms with E-state index >= 15 is 0 Å². The van der Waals surface area contributed by atoms with Gasteiger partial charge in [-0.15, -0.1) is 0 Å². The van der Waals surface area contributed by atoms with Gasteiger partial charge in [0.25, 0.3) is 0 Å². The molecule has 4 N–H and O–H groups in total. The molecule has 4 aromatic rings. The predicted octanol–water partition coefficient (Wildman–Crippen LogP) is 3.51. The molecule has 30 heavy (non-hydrogen) atoms. The van der Waals surface area contributed by atoms with E-state index in [1.807, 2.05) is 36.4 Å². The van der Waals surface area contributed by atoms with E-state index in [2.05, 4.69) is 9.97 Å². The van der Waals surface area contributed by atoms with Gasteiger partial charge in [0.05, 0.1) is 43.2 Å². The predicted molar refractivity (Wildman–Crippen MR) is 116 cm³/mol. The van der Waals surface area contributed by atoms with E-state index in [-0.39, 0.29) is 5.75 Å². The average molecular weight is 408 g/mol. The lowest BCUT2D eigenvalue weighted by atomic mass is 10.2. The van der Waals surface area contributed by atoms with Crippen molar-refractivity contribution >= 4 is 16.9 Å². The third-order valence-corrected chi connectivity index (χ3v) is 5.04. The Morgan fingerprint density at radius 2 is 1.77 bits per heavy atom. The summed E-state index contributed by atoms with van der Waals surface area (Å²) in [4.78, 5) is 7.85. The Morgan fingerprint density at radius 3 is 2.40 bits per heavy atom. The van der Waals surface area contributed by atoms with E-state index in [1.54, 1.807) is 32.0 Å². The summed E-state index contributed by atoms with van der Waals surface area (Å²) in [6, 6.07) is 13.1. The normalized spacial score (nSPS) is 11.2. The molecule has 156 valence electrons. The van der Waals surface area contributed by atoms with Crippen LogP contribution in [0, 0.1) is 0 Å². The number of hydrogen-bond donors (Lipinski definition) is 3. The third-order valence-electron chi connectivity index (χ3n) is 5.04. The number of methoxy groups -OCH3 is 3. The van der Waals surface area contributed by atoms with Crippen LogP contribution in [0.5, 0.6) is 17.2 Å². The number of para-hydroxylation sites is 2. The Hall–Kier alpha value is -3.65. The first-order chi connectivity index (χ1) is 14.6. The maximum atomic E-state index is 11.1. The molecule has 0 bridgehead atoms. The van der Waals surface area contributed by atoms with Crippen molar-refractivity contribution in [2.24, 2.45) is 0 Å². The highest BCUT2D eigenvalue weighted by Crippen LogP contribution is 2.42. The lowest BCUT2D eigenvalue weighted by Crippen LogP contribution is -2.07. The molecule has 2 aromatic carbocycles. The Balaban J connectivity index is 1.95. The molecule has 0 saturated heterocycles. The number of hydrogen-bond acceptors (Lipinski definition) is 6. The summed E-state index contributed by atoms with van der Waals surface area (Å²) < 4.78 is 17.8. The molecule has 0 radical (unpaired) electrons.